The highest BCUT2D eigenvalue weighted by Gasteiger charge is 2.42. The topological polar surface area (TPSA) is 115 Å². The number of nitrogens with one attached hydrogen (secondary N) is 2. The third-order valence-electron chi connectivity index (χ3n) is 5.48. The first kappa shape index (κ1) is 19.8. The maximum atomic E-state index is 12.7. The van der Waals surface area contributed by atoms with E-state index in [2.05, 4.69) is 25.9 Å². The molecule has 1 aromatic carbocycles. The fourth-order valence-electron chi connectivity index (χ4n) is 3.88. The molecule has 0 spiro atoms. The van der Waals surface area contributed by atoms with Gasteiger partial charge in [-0.3, -0.25) is 14.3 Å². The number of benzene rings is 1. The Kier molecular flexibility index (Phi) is 5.60. The van der Waals surface area contributed by atoms with E-state index in [1.807, 2.05) is 37.3 Å². The summed E-state index contributed by atoms with van der Waals surface area (Å²) in [5.41, 5.74) is 1.19. The Hall–Kier alpha value is -3.49. The van der Waals surface area contributed by atoms with Crippen molar-refractivity contribution in [3.63, 3.8) is 0 Å². The maximum absolute atomic E-state index is 12.7. The Bertz CT molecular complexity index is 1030. The molecule has 1 saturated carbocycles. The molecule has 0 saturated heterocycles. The predicted octanol–water partition coefficient (Wildman–Crippen LogP) is 1.99. The average molecular weight is 408 g/mol. The highest BCUT2D eigenvalue weighted by molar-refractivity contribution is 5.92. The Morgan fingerprint density at radius 2 is 2.00 bits per heavy atom. The van der Waals surface area contributed by atoms with Crippen LogP contribution in [0.15, 0.2) is 47.1 Å². The van der Waals surface area contributed by atoms with Crippen molar-refractivity contribution in [1.82, 2.24) is 30.6 Å². The van der Waals surface area contributed by atoms with Crippen LogP contribution in [0, 0.1) is 5.92 Å². The standard InChI is InChI=1S/C21H24N6O3/c1-3-27-10-9-16(25-27)20(29)23-17-12-14(19(28)22-2)11-15(17)21-24-18(26-30-21)13-7-5-4-6-8-13/h4-10,14-15,17H,3,11-12H2,1-2H3,(H,22,28)(H,23,29)/t14-,15-,17+/m1/s1. The number of nitrogens with zero attached hydrogens (tertiary/aromatic N) is 4. The van der Waals surface area contributed by atoms with E-state index in [1.165, 1.54) is 0 Å². The molecule has 1 aliphatic rings. The lowest BCUT2D eigenvalue weighted by Gasteiger charge is -2.17. The van der Waals surface area contributed by atoms with Gasteiger partial charge in [0.05, 0.1) is 5.92 Å². The van der Waals surface area contributed by atoms with Gasteiger partial charge in [0.2, 0.25) is 17.6 Å². The summed E-state index contributed by atoms with van der Waals surface area (Å²) in [5, 5.41) is 14.1. The lowest BCUT2D eigenvalue weighted by atomic mass is 10.0. The van der Waals surface area contributed by atoms with Gasteiger partial charge in [0.1, 0.15) is 5.69 Å². The number of aromatic nitrogens is 4. The van der Waals surface area contributed by atoms with E-state index in [0.717, 1.165) is 5.56 Å². The number of rotatable bonds is 6. The molecule has 0 aliphatic heterocycles. The van der Waals surface area contributed by atoms with Gasteiger partial charge < -0.3 is 15.2 Å². The molecule has 9 nitrogen and oxygen atoms in total. The minimum absolute atomic E-state index is 0.0604. The van der Waals surface area contributed by atoms with Gasteiger partial charge in [-0.1, -0.05) is 35.5 Å². The van der Waals surface area contributed by atoms with Crippen LogP contribution >= 0.6 is 0 Å². The van der Waals surface area contributed by atoms with Crippen molar-refractivity contribution in [1.29, 1.82) is 0 Å². The molecule has 3 aromatic rings. The molecule has 2 N–H and O–H groups in total. The summed E-state index contributed by atoms with van der Waals surface area (Å²) in [6.07, 6.45) is 2.77. The van der Waals surface area contributed by atoms with Crippen LogP contribution in [0.25, 0.3) is 11.4 Å². The number of carbonyl (C=O) groups is 2. The SMILES string of the molecule is CCn1ccc(C(=O)N[C@H]2C[C@H](C(=O)NC)C[C@H]2c2nc(-c3ccccc3)no2)n1. The quantitative estimate of drug-likeness (QED) is 0.645. The average Bonchev–Trinajstić information content (AvgIpc) is 3.52. The number of carbonyl (C=O) groups excluding carboxylic acids is 2. The first-order valence-corrected chi connectivity index (χ1v) is 10.0. The van der Waals surface area contributed by atoms with E-state index in [0.29, 0.717) is 36.8 Å². The molecule has 4 rings (SSSR count). The molecule has 1 aliphatic carbocycles. The molecule has 2 heterocycles. The maximum Gasteiger partial charge on any atom is 0.272 e. The van der Waals surface area contributed by atoms with Gasteiger partial charge >= 0.3 is 0 Å². The Labute approximate surface area is 173 Å². The fourth-order valence-corrected chi connectivity index (χ4v) is 3.88. The third-order valence-corrected chi connectivity index (χ3v) is 5.48. The predicted molar refractivity (Wildman–Crippen MR) is 108 cm³/mol. The molecule has 1 fully saturated rings. The van der Waals surface area contributed by atoms with Crippen molar-refractivity contribution in [3.05, 3.63) is 54.2 Å². The lowest BCUT2D eigenvalue weighted by molar-refractivity contribution is -0.124. The van der Waals surface area contributed by atoms with Crippen molar-refractivity contribution in [2.75, 3.05) is 7.05 Å². The van der Waals surface area contributed by atoms with Gasteiger partial charge in [0, 0.05) is 37.3 Å². The Morgan fingerprint density at radius 1 is 1.20 bits per heavy atom. The molecular formula is C21H24N6O3. The van der Waals surface area contributed by atoms with Crippen LogP contribution in [0.3, 0.4) is 0 Å². The van der Waals surface area contributed by atoms with Crippen LogP contribution in [-0.4, -0.2) is 44.8 Å². The molecule has 156 valence electrons. The zero-order valence-corrected chi connectivity index (χ0v) is 16.9. The smallest absolute Gasteiger partial charge is 0.272 e. The second-order valence-electron chi connectivity index (χ2n) is 7.35. The first-order valence-electron chi connectivity index (χ1n) is 10.0. The minimum atomic E-state index is -0.310. The molecule has 2 aromatic heterocycles. The first-order chi connectivity index (χ1) is 14.6. The molecular weight excluding hydrogens is 384 g/mol. The van der Waals surface area contributed by atoms with Crippen molar-refractivity contribution in [2.24, 2.45) is 5.92 Å². The Morgan fingerprint density at radius 3 is 2.70 bits per heavy atom. The van der Waals surface area contributed by atoms with Crippen molar-refractivity contribution >= 4 is 11.8 Å². The van der Waals surface area contributed by atoms with Gasteiger partial charge in [0.15, 0.2) is 0 Å². The summed E-state index contributed by atoms with van der Waals surface area (Å²) in [6.45, 7) is 2.64. The molecule has 0 bridgehead atoms. The van der Waals surface area contributed by atoms with Crippen molar-refractivity contribution in [2.45, 2.75) is 38.3 Å². The summed E-state index contributed by atoms with van der Waals surface area (Å²) in [7, 11) is 1.61. The molecule has 3 atom stereocenters. The summed E-state index contributed by atoms with van der Waals surface area (Å²) in [5.74, 6) is 0.0674. The summed E-state index contributed by atoms with van der Waals surface area (Å²) in [6, 6.07) is 10.9. The van der Waals surface area contributed by atoms with E-state index < -0.39 is 0 Å². The van der Waals surface area contributed by atoms with Crippen LogP contribution in [0.1, 0.15) is 42.1 Å². The zero-order chi connectivity index (χ0) is 21.1. The van der Waals surface area contributed by atoms with E-state index in [9.17, 15) is 9.59 Å². The highest BCUT2D eigenvalue weighted by Crippen LogP contribution is 2.38. The number of hydrogen-bond donors (Lipinski definition) is 2. The van der Waals surface area contributed by atoms with Gasteiger partial charge in [0.25, 0.3) is 5.91 Å². The third kappa shape index (κ3) is 3.96. The largest absolute Gasteiger partial charge is 0.359 e. The molecule has 9 heteroatoms. The highest BCUT2D eigenvalue weighted by atomic mass is 16.5. The number of aryl methyl sites for hydroxylation is 1. The van der Waals surface area contributed by atoms with Crippen LogP contribution < -0.4 is 10.6 Å². The van der Waals surface area contributed by atoms with Gasteiger partial charge in [-0.2, -0.15) is 10.1 Å². The van der Waals surface area contributed by atoms with Gasteiger partial charge in [-0.25, -0.2) is 0 Å². The van der Waals surface area contributed by atoms with E-state index in [1.54, 1.807) is 24.0 Å². The molecule has 2 amide bonds. The van der Waals surface area contributed by atoms with Crippen LogP contribution in [0.2, 0.25) is 0 Å². The van der Waals surface area contributed by atoms with Crippen LogP contribution in [-0.2, 0) is 11.3 Å². The molecule has 30 heavy (non-hydrogen) atoms. The molecule has 0 unspecified atom stereocenters. The fraction of sp³-hybridized carbons (Fsp3) is 0.381. The number of hydrogen-bond acceptors (Lipinski definition) is 6. The molecule has 0 radical (unpaired) electrons. The van der Waals surface area contributed by atoms with Gasteiger partial charge in [-0.05, 0) is 25.8 Å². The minimum Gasteiger partial charge on any atom is -0.359 e. The van der Waals surface area contributed by atoms with Crippen LogP contribution in [0.5, 0.6) is 0 Å². The Balaban J connectivity index is 1.56. The second kappa shape index (κ2) is 8.48. The van der Waals surface area contributed by atoms with E-state index in [4.69, 9.17) is 4.52 Å². The second-order valence-corrected chi connectivity index (χ2v) is 7.35. The van der Waals surface area contributed by atoms with E-state index in [-0.39, 0.29) is 29.7 Å². The summed E-state index contributed by atoms with van der Waals surface area (Å²) in [4.78, 5) is 29.5. The lowest BCUT2D eigenvalue weighted by Crippen LogP contribution is -2.37. The summed E-state index contributed by atoms with van der Waals surface area (Å²) >= 11 is 0. The van der Waals surface area contributed by atoms with Crippen molar-refractivity contribution < 1.29 is 14.1 Å². The number of amides is 2. The normalized spacial score (nSPS) is 20.8. The monoisotopic (exact) mass is 408 g/mol. The van der Waals surface area contributed by atoms with E-state index >= 15 is 0 Å². The van der Waals surface area contributed by atoms with Crippen LogP contribution in [0.4, 0.5) is 0 Å². The van der Waals surface area contributed by atoms with Gasteiger partial charge in [-0.15, -0.1) is 0 Å². The zero-order valence-electron chi connectivity index (χ0n) is 16.9. The summed E-state index contributed by atoms with van der Waals surface area (Å²) < 4.78 is 7.23. The van der Waals surface area contributed by atoms with Crippen molar-refractivity contribution in [3.8, 4) is 11.4 Å².